The fourth-order valence-electron chi connectivity index (χ4n) is 3.20. The SMILES string of the molecule is C[C@@H]1CN(C(=O)NC(C)(C)C)CCN1c1nc(-c2ccncn2)cc(=O)n1C. The Kier molecular flexibility index (Phi) is 5.35. The summed E-state index contributed by atoms with van der Waals surface area (Å²) in [5.41, 5.74) is 0.679. The van der Waals surface area contributed by atoms with Crippen molar-refractivity contribution >= 4 is 12.0 Å². The zero-order chi connectivity index (χ0) is 20.5. The Labute approximate surface area is 164 Å². The number of carbonyl (C=O) groups is 1. The first-order chi connectivity index (χ1) is 13.2. The molecule has 2 amide bonds. The summed E-state index contributed by atoms with van der Waals surface area (Å²) in [4.78, 5) is 41.6. The molecule has 0 spiro atoms. The summed E-state index contributed by atoms with van der Waals surface area (Å²) >= 11 is 0. The molecule has 28 heavy (non-hydrogen) atoms. The number of nitrogens with zero attached hydrogens (tertiary/aromatic N) is 6. The molecule has 0 bridgehead atoms. The van der Waals surface area contributed by atoms with Gasteiger partial charge in [0.15, 0.2) is 0 Å². The van der Waals surface area contributed by atoms with Crippen molar-refractivity contribution in [1.82, 2.24) is 29.7 Å². The number of aromatic nitrogens is 4. The first-order valence-corrected chi connectivity index (χ1v) is 9.34. The quantitative estimate of drug-likeness (QED) is 0.836. The van der Waals surface area contributed by atoms with Crippen LogP contribution in [0.4, 0.5) is 10.7 Å². The van der Waals surface area contributed by atoms with Gasteiger partial charge in [-0.25, -0.2) is 19.7 Å². The molecule has 0 aliphatic carbocycles. The zero-order valence-electron chi connectivity index (χ0n) is 17.0. The van der Waals surface area contributed by atoms with Crippen LogP contribution in [0.2, 0.25) is 0 Å². The second kappa shape index (κ2) is 7.57. The summed E-state index contributed by atoms with van der Waals surface area (Å²) in [5, 5.41) is 3.00. The van der Waals surface area contributed by atoms with E-state index in [4.69, 9.17) is 0 Å². The van der Waals surface area contributed by atoms with Crippen molar-refractivity contribution in [3.63, 3.8) is 0 Å². The molecule has 1 N–H and O–H groups in total. The van der Waals surface area contributed by atoms with E-state index >= 15 is 0 Å². The van der Waals surface area contributed by atoms with Crippen molar-refractivity contribution in [3.05, 3.63) is 35.0 Å². The third-order valence-corrected chi connectivity index (χ3v) is 4.61. The Morgan fingerprint density at radius 3 is 2.61 bits per heavy atom. The molecule has 0 unspecified atom stereocenters. The monoisotopic (exact) mass is 385 g/mol. The van der Waals surface area contributed by atoms with E-state index in [1.54, 1.807) is 24.2 Å². The van der Waals surface area contributed by atoms with Crippen molar-refractivity contribution in [2.75, 3.05) is 24.5 Å². The Hall–Kier alpha value is -2.97. The molecule has 0 aromatic carbocycles. The van der Waals surface area contributed by atoms with Gasteiger partial charge in [0.25, 0.3) is 5.56 Å². The van der Waals surface area contributed by atoms with E-state index < -0.39 is 0 Å². The molecular weight excluding hydrogens is 358 g/mol. The van der Waals surface area contributed by atoms with Crippen LogP contribution in [0, 0.1) is 0 Å². The molecule has 9 nitrogen and oxygen atoms in total. The van der Waals surface area contributed by atoms with Gasteiger partial charge in [0.1, 0.15) is 6.33 Å². The highest BCUT2D eigenvalue weighted by Gasteiger charge is 2.30. The van der Waals surface area contributed by atoms with Gasteiger partial charge in [-0.15, -0.1) is 0 Å². The first-order valence-electron chi connectivity index (χ1n) is 9.34. The van der Waals surface area contributed by atoms with Gasteiger partial charge in [-0.2, -0.15) is 0 Å². The molecule has 0 radical (unpaired) electrons. The summed E-state index contributed by atoms with van der Waals surface area (Å²) < 4.78 is 1.53. The van der Waals surface area contributed by atoms with E-state index in [2.05, 4.69) is 25.2 Å². The molecule has 3 rings (SSSR count). The van der Waals surface area contributed by atoms with Gasteiger partial charge in [0, 0.05) is 50.5 Å². The van der Waals surface area contributed by atoms with Crippen LogP contribution >= 0.6 is 0 Å². The maximum atomic E-state index is 12.5. The minimum atomic E-state index is -0.283. The molecule has 1 aliphatic rings. The van der Waals surface area contributed by atoms with Crippen molar-refractivity contribution < 1.29 is 4.79 Å². The lowest BCUT2D eigenvalue weighted by atomic mass is 10.1. The normalized spacial score (nSPS) is 17.5. The van der Waals surface area contributed by atoms with Crippen LogP contribution < -0.4 is 15.8 Å². The fraction of sp³-hybridized carbons (Fsp3) is 0.526. The number of nitrogens with one attached hydrogen (secondary N) is 1. The molecule has 1 aliphatic heterocycles. The van der Waals surface area contributed by atoms with Crippen LogP contribution in [0.25, 0.3) is 11.4 Å². The lowest BCUT2D eigenvalue weighted by molar-refractivity contribution is 0.177. The lowest BCUT2D eigenvalue weighted by Gasteiger charge is -2.41. The van der Waals surface area contributed by atoms with Gasteiger partial charge < -0.3 is 15.1 Å². The van der Waals surface area contributed by atoms with Gasteiger partial charge in [-0.3, -0.25) is 9.36 Å². The molecule has 9 heteroatoms. The first kappa shape index (κ1) is 19.8. The molecule has 1 saturated heterocycles. The number of rotatable bonds is 2. The van der Waals surface area contributed by atoms with Crippen molar-refractivity contribution in [3.8, 4) is 11.4 Å². The minimum absolute atomic E-state index is 0.0122. The van der Waals surface area contributed by atoms with Crippen LogP contribution in [-0.2, 0) is 7.05 Å². The summed E-state index contributed by atoms with van der Waals surface area (Å²) in [7, 11) is 1.71. The summed E-state index contributed by atoms with van der Waals surface area (Å²) in [6.07, 6.45) is 3.06. The predicted molar refractivity (Wildman–Crippen MR) is 107 cm³/mol. The van der Waals surface area contributed by atoms with Gasteiger partial charge in [0.2, 0.25) is 5.95 Å². The van der Waals surface area contributed by atoms with Gasteiger partial charge in [0.05, 0.1) is 11.4 Å². The average molecular weight is 385 g/mol. The van der Waals surface area contributed by atoms with E-state index in [0.29, 0.717) is 37.0 Å². The predicted octanol–water partition coefficient (Wildman–Crippen LogP) is 1.26. The maximum absolute atomic E-state index is 12.5. The standard InChI is InChI=1S/C19H27N7O2/c1-13-11-25(18(28)23-19(2,3)4)8-9-26(13)17-22-15(10-16(27)24(17)5)14-6-7-20-12-21-14/h6-7,10,12-13H,8-9,11H2,1-5H3,(H,23,28)/t13-/m1/s1. The Morgan fingerprint density at radius 2 is 2.00 bits per heavy atom. The minimum Gasteiger partial charge on any atom is -0.336 e. The summed E-state index contributed by atoms with van der Waals surface area (Å²) in [6.45, 7) is 9.61. The topological polar surface area (TPSA) is 96.2 Å². The Bertz CT molecular complexity index is 905. The molecule has 1 fully saturated rings. The van der Waals surface area contributed by atoms with E-state index in [1.165, 1.54) is 17.0 Å². The van der Waals surface area contributed by atoms with Crippen molar-refractivity contribution in [2.24, 2.45) is 7.05 Å². The van der Waals surface area contributed by atoms with Gasteiger partial charge in [-0.1, -0.05) is 0 Å². The number of hydrogen-bond acceptors (Lipinski definition) is 6. The van der Waals surface area contributed by atoms with Gasteiger partial charge in [-0.05, 0) is 33.8 Å². The highest BCUT2D eigenvalue weighted by molar-refractivity contribution is 5.75. The average Bonchev–Trinajstić information content (AvgIpc) is 2.63. The third-order valence-electron chi connectivity index (χ3n) is 4.61. The zero-order valence-corrected chi connectivity index (χ0v) is 17.0. The highest BCUT2D eigenvalue weighted by Crippen LogP contribution is 2.20. The number of amides is 2. The van der Waals surface area contributed by atoms with Gasteiger partial charge >= 0.3 is 6.03 Å². The van der Waals surface area contributed by atoms with Crippen molar-refractivity contribution in [1.29, 1.82) is 0 Å². The largest absolute Gasteiger partial charge is 0.336 e. The van der Waals surface area contributed by atoms with Crippen LogP contribution in [0.3, 0.4) is 0 Å². The lowest BCUT2D eigenvalue weighted by Crippen LogP contribution is -2.58. The van der Waals surface area contributed by atoms with Crippen LogP contribution in [0.1, 0.15) is 27.7 Å². The molecule has 150 valence electrons. The Balaban J connectivity index is 1.84. The number of piperazine rings is 1. The number of hydrogen-bond donors (Lipinski definition) is 1. The molecule has 3 heterocycles. The Morgan fingerprint density at radius 1 is 1.25 bits per heavy atom. The second-order valence-electron chi connectivity index (χ2n) is 8.10. The van der Waals surface area contributed by atoms with E-state index in [0.717, 1.165) is 0 Å². The summed E-state index contributed by atoms with van der Waals surface area (Å²) in [6, 6.07) is 3.14. The fourth-order valence-corrected chi connectivity index (χ4v) is 3.20. The van der Waals surface area contributed by atoms with Crippen LogP contribution in [0.5, 0.6) is 0 Å². The highest BCUT2D eigenvalue weighted by atomic mass is 16.2. The molecule has 2 aromatic rings. The van der Waals surface area contributed by atoms with Crippen LogP contribution in [-0.4, -0.2) is 61.7 Å². The molecule has 1 atom stereocenters. The number of urea groups is 1. The van der Waals surface area contributed by atoms with E-state index in [1.807, 2.05) is 27.7 Å². The molecule has 0 saturated carbocycles. The molecule has 2 aromatic heterocycles. The van der Waals surface area contributed by atoms with E-state index in [9.17, 15) is 9.59 Å². The second-order valence-corrected chi connectivity index (χ2v) is 8.10. The summed E-state index contributed by atoms with van der Waals surface area (Å²) in [5.74, 6) is 0.574. The molecular formula is C19H27N7O2. The van der Waals surface area contributed by atoms with Crippen molar-refractivity contribution in [2.45, 2.75) is 39.3 Å². The maximum Gasteiger partial charge on any atom is 0.317 e. The smallest absolute Gasteiger partial charge is 0.317 e. The number of anilines is 1. The van der Waals surface area contributed by atoms with Crippen LogP contribution in [0.15, 0.2) is 29.5 Å². The third kappa shape index (κ3) is 4.29. The number of carbonyl (C=O) groups excluding carboxylic acids is 1. The van der Waals surface area contributed by atoms with E-state index in [-0.39, 0.29) is 23.2 Å².